The third kappa shape index (κ3) is 2.94. The van der Waals surface area contributed by atoms with Crippen LogP contribution in [0.25, 0.3) is 0 Å². The molecule has 0 radical (unpaired) electrons. The summed E-state index contributed by atoms with van der Waals surface area (Å²) >= 11 is 0. The molecule has 0 saturated carbocycles. The van der Waals surface area contributed by atoms with Gasteiger partial charge in [-0.1, -0.05) is 12.1 Å². The molecule has 1 unspecified atom stereocenters. The Morgan fingerprint density at radius 3 is 2.70 bits per heavy atom. The second-order valence-electron chi connectivity index (χ2n) is 4.62. The second kappa shape index (κ2) is 5.70. The summed E-state index contributed by atoms with van der Waals surface area (Å²) in [6, 6.07) is 11.9. The van der Waals surface area contributed by atoms with E-state index in [1.54, 1.807) is 18.3 Å². The van der Waals surface area contributed by atoms with Gasteiger partial charge in [0.05, 0.1) is 0 Å². The number of hydrogen-bond acceptors (Lipinski definition) is 2. The molecule has 0 spiro atoms. The minimum atomic E-state index is -0.267. The van der Waals surface area contributed by atoms with Crippen molar-refractivity contribution >= 4 is 0 Å². The molecule has 20 heavy (non-hydrogen) atoms. The molecule has 0 amide bonds. The zero-order valence-corrected chi connectivity index (χ0v) is 10.9. The van der Waals surface area contributed by atoms with Crippen molar-refractivity contribution in [1.82, 2.24) is 4.98 Å². The summed E-state index contributed by atoms with van der Waals surface area (Å²) in [5.41, 5.74) is 1.03. The van der Waals surface area contributed by atoms with Crippen LogP contribution in [0.1, 0.15) is 18.0 Å². The Morgan fingerprint density at radius 2 is 1.95 bits per heavy atom. The smallest absolute Gasteiger partial charge is 0.127 e. The Labute approximate surface area is 117 Å². The summed E-state index contributed by atoms with van der Waals surface area (Å²) in [6.45, 7) is 0. The molecule has 0 N–H and O–H groups in total. The van der Waals surface area contributed by atoms with E-state index in [1.807, 2.05) is 30.4 Å². The van der Waals surface area contributed by atoms with Gasteiger partial charge in [-0.3, -0.25) is 4.98 Å². The van der Waals surface area contributed by atoms with Gasteiger partial charge in [-0.15, -0.1) is 0 Å². The molecule has 1 aromatic carbocycles. The lowest BCUT2D eigenvalue weighted by Gasteiger charge is -2.16. The highest BCUT2D eigenvalue weighted by molar-refractivity contribution is 5.32. The van der Waals surface area contributed by atoms with Crippen LogP contribution in [-0.2, 0) is 0 Å². The van der Waals surface area contributed by atoms with Gasteiger partial charge in [-0.05, 0) is 55.0 Å². The van der Waals surface area contributed by atoms with E-state index < -0.39 is 0 Å². The largest absolute Gasteiger partial charge is 0.458 e. The molecule has 1 atom stereocenters. The first kappa shape index (κ1) is 12.6. The fraction of sp³-hybridized carbons (Fsp3) is 0.118. The van der Waals surface area contributed by atoms with Crippen LogP contribution in [0.4, 0.5) is 4.39 Å². The van der Waals surface area contributed by atoms with E-state index in [-0.39, 0.29) is 11.7 Å². The summed E-state index contributed by atoms with van der Waals surface area (Å²) in [6.07, 6.45) is 8.75. The number of pyridine rings is 1. The number of aromatic nitrogens is 1. The van der Waals surface area contributed by atoms with Crippen molar-refractivity contribution < 1.29 is 9.13 Å². The first-order valence-corrected chi connectivity index (χ1v) is 6.54. The van der Waals surface area contributed by atoms with Gasteiger partial charge in [0, 0.05) is 17.8 Å². The number of ether oxygens (including phenoxy) is 1. The summed E-state index contributed by atoms with van der Waals surface area (Å²) in [7, 11) is 0. The van der Waals surface area contributed by atoms with E-state index in [0.29, 0.717) is 5.75 Å². The first-order chi connectivity index (χ1) is 9.81. The maximum Gasteiger partial charge on any atom is 0.127 e. The van der Waals surface area contributed by atoms with Crippen LogP contribution in [0, 0.1) is 5.82 Å². The fourth-order valence-corrected chi connectivity index (χ4v) is 2.16. The van der Waals surface area contributed by atoms with Crippen LogP contribution < -0.4 is 4.74 Å². The normalized spacial score (nSPS) is 17.6. The quantitative estimate of drug-likeness (QED) is 0.830. The summed E-state index contributed by atoms with van der Waals surface area (Å²) < 4.78 is 18.6. The Morgan fingerprint density at radius 1 is 1.10 bits per heavy atom. The molecular formula is C17H14FNO. The van der Waals surface area contributed by atoms with Gasteiger partial charge >= 0.3 is 0 Å². The van der Waals surface area contributed by atoms with Gasteiger partial charge in [0.25, 0.3) is 0 Å². The molecule has 0 bridgehead atoms. The van der Waals surface area contributed by atoms with Crippen molar-refractivity contribution in [3.05, 3.63) is 84.2 Å². The number of rotatable bonds is 3. The van der Waals surface area contributed by atoms with E-state index >= 15 is 0 Å². The highest BCUT2D eigenvalue weighted by Gasteiger charge is 2.13. The highest BCUT2D eigenvalue weighted by Crippen LogP contribution is 2.27. The maximum atomic E-state index is 12.9. The zero-order valence-electron chi connectivity index (χ0n) is 10.9. The molecule has 1 aromatic heterocycles. The van der Waals surface area contributed by atoms with E-state index in [0.717, 1.165) is 17.9 Å². The lowest BCUT2D eigenvalue weighted by atomic mass is 9.96. The van der Waals surface area contributed by atoms with Gasteiger partial charge in [0.2, 0.25) is 0 Å². The molecule has 0 fully saturated rings. The van der Waals surface area contributed by atoms with Gasteiger partial charge < -0.3 is 4.74 Å². The molecule has 2 aromatic rings. The zero-order chi connectivity index (χ0) is 13.8. The van der Waals surface area contributed by atoms with Crippen molar-refractivity contribution in [3.8, 4) is 5.75 Å². The van der Waals surface area contributed by atoms with E-state index in [9.17, 15) is 4.39 Å². The molecule has 3 heteroatoms. The Kier molecular flexibility index (Phi) is 3.59. The van der Waals surface area contributed by atoms with Crippen LogP contribution in [0.15, 0.2) is 72.6 Å². The van der Waals surface area contributed by atoms with Crippen LogP contribution in [0.2, 0.25) is 0 Å². The average molecular weight is 267 g/mol. The SMILES string of the molecule is Fc1ccc(OC2=CC(c3ccccn3)CC=C2)cc1. The minimum Gasteiger partial charge on any atom is -0.458 e. The molecule has 0 saturated heterocycles. The predicted octanol–water partition coefficient (Wildman–Crippen LogP) is 4.23. The van der Waals surface area contributed by atoms with Crippen molar-refractivity contribution in [2.45, 2.75) is 12.3 Å². The Hall–Kier alpha value is -2.42. The summed E-state index contributed by atoms with van der Waals surface area (Å²) in [5.74, 6) is 1.34. The standard InChI is InChI=1S/C17H14FNO/c18-14-7-9-15(10-8-14)20-16-5-3-4-13(12-16)17-6-1-2-11-19-17/h1-3,5-13H,4H2. The predicted molar refractivity (Wildman–Crippen MR) is 75.8 cm³/mol. The number of allylic oxidation sites excluding steroid dienone is 3. The van der Waals surface area contributed by atoms with E-state index in [4.69, 9.17) is 4.74 Å². The first-order valence-electron chi connectivity index (χ1n) is 6.54. The minimum absolute atomic E-state index is 0.219. The van der Waals surface area contributed by atoms with Crippen molar-refractivity contribution in [2.24, 2.45) is 0 Å². The molecule has 1 aliphatic carbocycles. The maximum absolute atomic E-state index is 12.9. The molecule has 2 nitrogen and oxygen atoms in total. The third-order valence-corrected chi connectivity index (χ3v) is 3.15. The van der Waals surface area contributed by atoms with Crippen molar-refractivity contribution in [2.75, 3.05) is 0 Å². The highest BCUT2D eigenvalue weighted by atomic mass is 19.1. The molecule has 1 heterocycles. The molecular weight excluding hydrogens is 253 g/mol. The molecule has 3 rings (SSSR count). The second-order valence-corrected chi connectivity index (χ2v) is 4.62. The monoisotopic (exact) mass is 267 g/mol. The number of hydrogen-bond donors (Lipinski definition) is 0. The Bertz CT molecular complexity index is 632. The average Bonchev–Trinajstić information content (AvgIpc) is 2.51. The topological polar surface area (TPSA) is 22.1 Å². The van der Waals surface area contributed by atoms with Crippen LogP contribution in [-0.4, -0.2) is 4.98 Å². The summed E-state index contributed by atoms with van der Waals surface area (Å²) in [4.78, 5) is 4.37. The van der Waals surface area contributed by atoms with Crippen molar-refractivity contribution in [3.63, 3.8) is 0 Å². The fourth-order valence-electron chi connectivity index (χ4n) is 2.16. The lowest BCUT2D eigenvalue weighted by molar-refractivity contribution is 0.434. The lowest BCUT2D eigenvalue weighted by Crippen LogP contribution is -2.04. The van der Waals surface area contributed by atoms with Crippen LogP contribution >= 0.6 is 0 Å². The Balaban J connectivity index is 1.77. The van der Waals surface area contributed by atoms with Gasteiger partial charge in [0.1, 0.15) is 17.3 Å². The van der Waals surface area contributed by atoms with Gasteiger partial charge in [0.15, 0.2) is 0 Å². The molecule has 1 aliphatic rings. The summed E-state index contributed by atoms with van der Waals surface area (Å²) in [5, 5.41) is 0. The van der Waals surface area contributed by atoms with E-state index in [1.165, 1.54) is 12.1 Å². The van der Waals surface area contributed by atoms with Crippen molar-refractivity contribution in [1.29, 1.82) is 0 Å². The van der Waals surface area contributed by atoms with Crippen LogP contribution in [0.3, 0.4) is 0 Å². The van der Waals surface area contributed by atoms with E-state index in [2.05, 4.69) is 11.1 Å². The third-order valence-electron chi connectivity index (χ3n) is 3.15. The van der Waals surface area contributed by atoms with Crippen LogP contribution in [0.5, 0.6) is 5.75 Å². The number of benzene rings is 1. The number of halogens is 1. The molecule has 100 valence electrons. The molecule has 0 aliphatic heterocycles. The van der Waals surface area contributed by atoms with Gasteiger partial charge in [-0.2, -0.15) is 0 Å². The van der Waals surface area contributed by atoms with Gasteiger partial charge in [-0.25, -0.2) is 4.39 Å². The number of nitrogens with zero attached hydrogens (tertiary/aromatic N) is 1.